The highest BCUT2D eigenvalue weighted by atomic mass is 35.5. The Kier molecular flexibility index (Phi) is 5.48. The third-order valence-electron chi connectivity index (χ3n) is 3.42. The molecule has 21 heavy (non-hydrogen) atoms. The molecule has 2 aromatic carbocycles. The molecule has 0 aromatic heterocycles. The summed E-state index contributed by atoms with van der Waals surface area (Å²) in [7, 11) is 1.55. The normalized spacial score (nSPS) is 13.8. The molecule has 2 rings (SSSR count). The van der Waals surface area contributed by atoms with E-state index in [2.05, 4.69) is 0 Å². The molecular weight excluding hydrogens is 309 g/mol. The third kappa shape index (κ3) is 3.69. The zero-order valence-corrected chi connectivity index (χ0v) is 13.1. The van der Waals surface area contributed by atoms with Crippen LogP contribution in [-0.4, -0.2) is 18.8 Å². The van der Waals surface area contributed by atoms with E-state index in [0.717, 1.165) is 5.56 Å². The maximum atomic E-state index is 10.7. The molecule has 0 saturated heterocycles. The molecule has 2 unspecified atom stereocenters. The van der Waals surface area contributed by atoms with Gasteiger partial charge in [-0.2, -0.15) is 0 Å². The highest BCUT2D eigenvalue weighted by molar-refractivity contribution is 6.31. The van der Waals surface area contributed by atoms with Crippen LogP contribution in [0.25, 0.3) is 0 Å². The molecule has 3 N–H and O–H groups in total. The second kappa shape index (κ2) is 7.14. The van der Waals surface area contributed by atoms with Crippen molar-refractivity contribution in [3.63, 3.8) is 0 Å². The number of hydrogen-bond donors (Lipinski definition) is 2. The Morgan fingerprint density at radius 2 is 1.86 bits per heavy atom. The van der Waals surface area contributed by atoms with E-state index in [9.17, 15) is 5.11 Å². The molecule has 0 amide bonds. The zero-order chi connectivity index (χ0) is 15.4. The van der Waals surface area contributed by atoms with Crippen molar-refractivity contribution in [3.05, 3.63) is 63.6 Å². The second-order valence-electron chi connectivity index (χ2n) is 4.73. The predicted molar refractivity (Wildman–Crippen MR) is 86.2 cm³/mol. The van der Waals surface area contributed by atoms with E-state index in [1.54, 1.807) is 37.4 Å². The molecule has 0 aliphatic rings. The van der Waals surface area contributed by atoms with Gasteiger partial charge in [-0.1, -0.05) is 35.3 Å². The maximum Gasteiger partial charge on any atom is 0.124 e. The maximum absolute atomic E-state index is 10.7. The van der Waals surface area contributed by atoms with Crippen molar-refractivity contribution in [3.8, 4) is 5.75 Å². The Hall–Kier alpha value is -1.26. The Morgan fingerprint density at radius 1 is 1.14 bits per heavy atom. The van der Waals surface area contributed by atoms with Crippen molar-refractivity contribution in [1.82, 2.24) is 0 Å². The number of aliphatic hydroxyl groups is 1. The highest BCUT2D eigenvalue weighted by Gasteiger charge is 2.24. The van der Waals surface area contributed by atoms with E-state index in [1.165, 1.54) is 0 Å². The molecule has 0 aliphatic heterocycles. The minimum atomic E-state index is -0.831. The van der Waals surface area contributed by atoms with Gasteiger partial charge in [0.1, 0.15) is 5.75 Å². The SMILES string of the molecule is COc1ccc(Cl)cc1C(O)C(CN)c1cccc(Cl)c1. The van der Waals surface area contributed by atoms with Crippen molar-refractivity contribution in [1.29, 1.82) is 0 Å². The standard InChI is InChI=1S/C16H17Cl2NO2/c1-21-15-6-5-12(18)8-13(15)16(20)14(9-19)10-3-2-4-11(17)7-10/h2-8,14,16,20H,9,19H2,1H3. The van der Waals surface area contributed by atoms with Crippen LogP contribution in [0.15, 0.2) is 42.5 Å². The number of methoxy groups -OCH3 is 1. The molecular formula is C16H17Cl2NO2. The number of halogens is 2. The van der Waals surface area contributed by atoms with Crippen molar-refractivity contribution in [2.24, 2.45) is 5.73 Å². The summed E-state index contributed by atoms with van der Waals surface area (Å²) in [5.74, 6) is 0.281. The van der Waals surface area contributed by atoms with E-state index in [-0.39, 0.29) is 12.5 Å². The third-order valence-corrected chi connectivity index (χ3v) is 3.89. The molecule has 0 aliphatic carbocycles. The largest absolute Gasteiger partial charge is 0.496 e. The Balaban J connectivity index is 2.41. The lowest BCUT2D eigenvalue weighted by Crippen LogP contribution is -2.20. The van der Waals surface area contributed by atoms with Gasteiger partial charge < -0.3 is 15.6 Å². The van der Waals surface area contributed by atoms with Crippen LogP contribution in [0.2, 0.25) is 10.0 Å². The van der Waals surface area contributed by atoms with Gasteiger partial charge in [0.2, 0.25) is 0 Å². The summed E-state index contributed by atoms with van der Waals surface area (Å²) in [6, 6.07) is 12.5. The van der Waals surface area contributed by atoms with Crippen LogP contribution in [0.3, 0.4) is 0 Å². The van der Waals surface area contributed by atoms with Gasteiger partial charge in [0.15, 0.2) is 0 Å². The molecule has 5 heteroatoms. The molecule has 0 saturated carbocycles. The van der Waals surface area contributed by atoms with E-state index in [0.29, 0.717) is 21.4 Å². The van der Waals surface area contributed by atoms with E-state index < -0.39 is 6.10 Å². The molecule has 112 valence electrons. The van der Waals surface area contributed by atoms with Crippen LogP contribution in [0.4, 0.5) is 0 Å². The summed E-state index contributed by atoms with van der Waals surface area (Å²) >= 11 is 12.0. The topological polar surface area (TPSA) is 55.5 Å². The lowest BCUT2D eigenvalue weighted by atomic mass is 9.89. The average molecular weight is 326 g/mol. The smallest absolute Gasteiger partial charge is 0.124 e. The van der Waals surface area contributed by atoms with Crippen LogP contribution in [-0.2, 0) is 0 Å². The molecule has 0 radical (unpaired) electrons. The molecule has 0 spiro atoms. The summed E-state index contributed by atoms with van der Waals surface area (Å²) in [6.07, 6.45) is -0.831. The van der Waals surface area contributed by atoms with Crippen molar-refractivity contribution < 1.29 is 9.84 Å². The highest BCUT2D eigenvalue weighted by Crippen LogP contribution is 2.37. The lowest BCUT2D eigenvalue weighted by Gasteiger charge is -2.24. The fraction of sp³-hybridized carbons (Fsp3) is 0.250. The number of ether oxygens (including phenoxy) is 1. The fourth-order valence-corrected chi connectivity index (χ4v) is 2.72. The molecule has 3 nitrogen and oxygen atoms in total. The van der Waals surface area contributed by atoms with Crippen molar-refractivity contribution >= 4 is 23.2 Å². The fourth-order valence-electron chi connectivity index (χ4n) is 2.34. The van der Waals surface area contributed by atoms with Crippen LogP contribution in [0.5, 0.6) is 5.75 Å². The van der Waals surface area contributed by atoms with Crippen molar-refractivity contribution in [2.45, 2.75) is 12.0 Å². The first-order valence-corrected chi connectivity index (χ1v) is 7.29. The van der Waals surface area contributed by atoms with Gasteiger partial charge in [-0.05, 0) is 35.9 Å². The number of benzene rings is 2. The molecule has 2 aromatic rings. The Labute approximate surface area is 134 Å². The van der Waals surface area contributed by atoms with Crippen LogP contribution in [0.1, 0.15) is 23.1 Å². The quantitative estimate of drug-likeness (QED) is 0.879. The van der Waals surface area contributed by atoms with Gasteiger partial charge in [-0.15, -0.1) is 0 Å². The van der Waals surface area contributed by atoms with Gasteiger partial charge >= 0.3 is 0 Å². The van der Waals surface area contributed by atoms with E-state index >= 15 is 0 Å². The zero-order valence-electron chi connectivity index (χ0n) is 11.6. The first-order valence-electron chi connectivity index (χ1n) is 6.54. The molecule has 0 heterocycles. The van der Waals surface area contributed by atoms with Crippen molar-refractivity contribution in [2.75, 3.05) is 13.7 Å². The summed E-state index contributed by atoms with van der Waals surface area (Å²) in [5, 5.41) is 11.8. The number of nitrogens with two attached hydrogens (primary N) is 1. The van der Waals surface area contributed by atoms with E-state index in [1.807, 2.05) is 12.1 Å². The summed E-state index contributed by atoms with van der Waals surface area (Å²) < 4.78 is 5.29. The number of rotatable bonds is 5. The predicted octanol–water partition coefficient (Wildman–Crippen LogP) is 3.78. The molecule has 2 atom stereocenters. The summed E-state index contributed by atoms with van der Waals surface area (Å²) in [5.41, 5.74) is 7.33. The van der Waals surface area contributed by atoms with Gasteiger partial charge in [0.25, 0.3) is 0 Å². The van der Waals surface area contributed by atoms with Crippen LogP contribution in [0, 0.1) is 0 Å². The first kappa shape index (κ1) is 16.1. The van der Waals surface area contributed by atoms with E-state index in [4.69, 9.17) is 33.7 Å². The molecule has 0 bridgehead atoms. The van der Waals surface area contributed by atoms with Crippen LogP contribution < -0.4 is 10.5 Å². The Bertz CT molecular complexity index is 619. The number of hydrogen-bond acceptors (Lipinski definition) is 3. The monoisotopic (exact) mass is 325 g/mol. The lowest BCUT2D eigenvalue weighted by molar-refractivity contribution is 0.144. The van der Waals surface area contributed by atoms with Crippen LogP contribution >= 0.6 is 23.2 Å². The van der Waals surface area contributed by atoms with Gasteiger partial charge in [-0.3, -0.25) is 0 Å². The van der Waals surface area contributed by atoms with Gasteiger partial charge in [0.05, 0.1) is 13.2 Å². The van der Waals surface area contributed by atoms with Gasteiger partial charge in [-0.25, -0.2) is 0 Å². The molecule has 0 fully saturated rings. The van der Waals surface area contributed by atoms with Gasteiger partial charge in [0, 0.05) is 28.1 Å². The first-order chi connectivity index (χ1) is 10.1. The Morgan fingerprint density at radius 3 is 2.48 bits per heavy atom. The minimum Gasteiger partial charge on any atom is -0.496 e. The summed E-state index contributed by atoms with van der Waals surface area (Å²) in [6.45, 7) is 0.275. The number of aliphatic hydroxyl groups excluding tert-OH is 1. The summed E-state index contributed by atoms with van der Waals surface area (Å²) in [4.78, 5) is 0. The average Bonchev–Trinajstić information content (AvgIpc) is 2.48. The second-order valence-corrected chi connectivity index (χ2v) is 5.60. The minimum absolute atomic E-state index is 0.275.